The van der Waals surface area contributed by atoms with Crippen LogP contribution in [0, 0.1) is 26.6 Å². The number of halogens is 1. The second-order valence-electron chi connectivity index (χ2n) is 6.66. The van der Waals surface area contributed by atoms with E-state index in [0.717, 1.165) is 39.3 Å². The zero-order valence-electron chi connectivity index (χ0n) is 14.9. The molecule has 1 aliphatic rings. The quantitative estimate of drug-likeness (QED) is 0.613. The van der Waals surface area contributed by atoms with Crippen molar-refractivity contribution in [2.45, 2.75) is 20.8 Å². The molecule has 1 aromatic heterocycles. The van der Waals surface area contributed by atoms with Crippen LogP contribution in [0.1, 0.15) is 28.1 Å². The lowest BCUT2D eigenvalue weighted by atomic mass is 9.94. The monoisotopic (exact) mass is 346 g/mol. The van der Waals surface area contributed by atoms with Crippen molar-refractivity contribution < 1.29 is 9.18 Å². The van der Waals surface area contributed by atoms with E-state index in [1.165, 1.54) is 17.7 Å². The molecule has 0 radical (unpaired) electrons. The number of carbonyl (C=O) groups excluding carboxylic acids is 1. The normalized spacial score (nSPS) is 14.6. The minimum atomic E-state index is -0.278. The maximum Gasteiger partial charge on any atom is 0.256 e. The molecule has 0 bridgehead atoms. The lowest BCUT2D eigenvalue weighted by Gasteiger charge is -2.09. The van der Waals surface area contributed by atoms with E-state index in [1.807, 2.05) is 38.1 Å². The third kappa shape index (κ3) is 2.54. The summed E-state index contributed by atoms with van der Waals surface area (Å²) in [5.41, 5.74) is 8.40. The van der Waals surface area contributed by atoms with E-state index in [4.69, 9.17) is 0 Å². The maximum absolute atomic E-state index is 13.3. The molecular weight excluding hydrogens is 327 g/mol. The van der Waals surface area contributed by atoms with E-state index in [9.17, 15) is 9.18 Å². The molecule has 4 heteroatoms. The first-order valence-electron chi connectivity index (χ1n) is 8.54. The molecule has 3 nitrogen and oxygen atoms in total. The molecule has 0 unspecified atom stereocenters. The van der Waals surface area contributed by atoms with Gasteiger partial charge in [0.2, 0.25) is 0 Å². The Kier molecular flexibility index (Phi) is 3.76. The molecule has 0 atom stereocenters. The van der Waals surface area contributed by atoms with Crippen LogP contribution in [-0.4, -0.2) is 10.9 Å². The van der Waals surface area contributed by atoms with E-state index in [1.54, 1.807) is 12.1 Å². The first kappa shape index (κ1) is 16.3. The third-order valence-corrected chi connectivity index (χ3v) is 5.12. The maximum atomic E-state index is 13.3. The predicted octanol–water partition coefficient (Wildman–Crippen LogP) is 5.24. The molecule has 0 spiro atoms. The number of hydrogen-bond acceptors (Lipinski definition) is 1. The molecule has 0 saturated heterocycles. The summed E-state index contributed by atoms with van der Waals surface area (Å²) in [5.74, 6) is -0.405. The summed E-state index contributed by atoms with van der Waals surface area (Å²) >= 11 is 0. The fraction of sp³-hybridized carbons (Fsp3) is 0.136. The van der Waals surface area contributed by atoms with Crippen LogP contribution in [0.2, 0.25) is 0 Å². The van der Waals surface area contributed by atoms with Gasteiger partial charge in [-0.05, 0) is 67.3 Å². The van der Waals surface area contributed by atoms with Gasteiger partial charge in [0.25, 0.3) is 5.91 Å². The van der Waals surface area contributed by atoms with Gasteiger partial charge in [0.1, 0.15) is 5.82 Å². The van der Waals surface area contributed by atoms with Gasteiger partial charge in [-0.25, -0.2) is 4.39 Å². The van der Waals surface area contributed by atoms with Crippen LogP contribution in [0.3, 0.4) is 0 Å². The molecule has 26 heavy (non-hydrogen) atoms. The van der Waals surface area contributed by atoms with E-state index >= 15 is 0 Å². The molecule has 3 aromatic rings. The van der Waals surface area contributed by atoms with Crippen LogP contribution in [-0.2, 0) is 4.79 Å². The highest BCUT2D eigenvalue weighted by molar-refractivity contribution is 6.36. The third-order valence-electron chi connectivity index (χ3n) is 5.12. The summed E-state index contributed by atoms with van der Waals surface area (Å²) < 4.78 is 13.3. The molecule has 2 heterocycles. The molecule has 2 aromatic carbocycles. The molecule has 130 valence electrons. The van der Waals surface area contributed by atoms with E-state index in [0.29, 0.717) is 5.57 Å². The van der Waals surface area contributed by atoms with Crippen molar-refractivity contribution in [2.75, 3.05) is 5.32 Å². The number of fused-ring (bicyclic) bond motifs is 1. The Labute approximate surface area is 151 Å². The highest BCUT2D eigenvalue weighted by Crippen LogP contribution is 2.40. The summed E-state index contributed by atoms with van der Waals surface area (Å²) in [5, 5.41) is 2.93. The zero-order valence-corrected chi connectivity index (χ0v) is 14.9. The summed E-state index contributed by atoms with van der Waals surface area (Å²) in [6.45, 7) is 6.14. The topological polar surface area (TPSA) is 44.9 Å². The highest BCUT2D eigenvalue weighted by Gasteiger charge is 2.27. The molecular formula is C22H19FN2O. The Morgan fingerprint density at radius 2 is 1.69 bits per heavy atom. The number of carbonyl (C=O) groups is 1. The van der Waals surface area contributed by atoms with Crippen molar-refractivity contribution in [1.29, 1.82) is 0 Å². The van der Waals surface area contributed by atoms with Crippen molar-refractivity contribution in [1.82, 2.24) is 4.98 Å². The average Bonchev–Trinajstić information content (AvgIpc) is 3.07. The van der Waals surface area contributed by atoms with Crippen LogP contribution in [0.5, 0.6) is 0 Å². The van der Waals surface area contributed by atoms with Crippen LogP contribution in [0.4, 0.5) is 10.1 Å². The molecule has 0 saturated carbocycles. The Hall–Kier alpha value is -3.14. The minimum Gasteiger partial charge on any atom is -0.359 e. The fourth-order valence-electron chi connectivity index (χ4n) is 3.42. The predicted molar refractivity (Wildman–Crippen MR) is 103 cm³/mol. The number of rotatable bonds is 2. The van der Waals surface area contributed by atoms with Gasteiger partial charge in [-0.1, -0.05) is 24.3 Å². The van der Waals surface area contributed by atoms with Gasteiger partial charge in [-0.15, -0.1) is 0 Å². The molecule has 1 amide bonds. The number of aromatic nitrogens is 1. The van der Waals surface area contributed by atoms with Gasteiger partial charge >= 0.3 is 0 Å². The van der Waals surface area contributed by atoms with Crippen LogP contribution in [0.15, 0.2) is 42.5 Å². The number of amides is 1. The minimum absolute atomic E-state index is 0.126. The largest absolute Gasteiger partial charge is 0.359 e. The molecule has 2 N–H and O–H groups in total. The number of aryl methyl sites for hydroxylation is 1. The first-order valence-corrected chi connectivity index (χ1v) is 8.54. The second-order valence-corrected chi connectivity index (χ2v) is 6.66. The molecule has 1 aliphatic heterocycles. The molecule has 0 aliphatic carbocycles. The number of H-pyrrole nitrogens is 1. The van der Waals surface area contributed by atoms with Crippen molar-refractivity contribution in [3.8, 4) is 11.1 Å². The number of anilines is 1. The summed E-state index contributed by atoms with van der Waals surface area (Å²) in [4.78, 5) is 16.0. The van der Waals surface area contributed by atoms with Crippen molar-refractivity contribution in [3.63, 3.8) is 0 Å². The van der Waals surface area contributed by atoms with Crippen LogP contribution in [0.25, 0.3) is 22.8 Å². The number of benzene rings is 2. The second kappa shape index (κ2) is 5.99. The lowest BCUT2D eigenvalue weighted by Crippen LogP contribution is -2.03. The summed E-state index contributed by atoms with van der Waals surface area (Å²) in [6.07, 6.45) is 1.91. The first-order chi connectivity index (χ1) is 12.5. The highest BCUT2D eigenvalue weighted by atomic mass is 19.1. The Balaban J connectivity index is 1.91. The Morgan fingerprint density at radius 3 is 2.35 bits per heavy atom. The Morgan fingerprint density at radius 1 is 0.962 bits per heavy atom. The standard InChI is InChI=1S/C22H19FN2O/c1-12-13(2)20(24-14(12)3)11-18-21-17(15-7-9-16(23)10-8-15)5-4-6-19(21)25-22(18)26/h4-11,24H,1-3H3,(H,25,26)/b18-11-. The summed E-state index contributed by atoms with van der Waals surface area (Å²) in [6, 6.07) is 12.1. The van der Waals surface area contributed by atoms with Crippen molar-refractivity contribution in [3.05, 3.63) is 76.4 Å². The van der Waals surface area contributed by atoms with Crippen molar-refractivity contribution in [2.24, 2.45) is 0 Å². The van der Waals surface area contributed by atoms with Gasteiger partial charge in [-0.2, -0.15) is 0 Å². The van der Waals surface area contributed by atoms with Crippen molar-refractivity contribution >= 4 is 23.2 Å². The number of nitrogens with one attached hydrogen (secondary N) is 2. The van der Waals surface area contributed by atoms with Gasteiger partial charge in [0.05, 0.1) is 5.57 Å². The Bertz CT molecular complexity index is 1060. The van der Waals surface area contributed by atoms with Gasteiger partial charge in [0.15, 0.2) is 0 Å². The summed E-state index contributed by atoms with van der Waals surface area (Å²) in [7, 11) is 0. The molecule has 0 fully saturated rings. The average molecular weight is 346 g/mol. The van der Waals surface area contributed by atoms with E-state index in [2.05, 4.69) is 17.2 Å². The number of hydrogen-bond donors (Lipinski definition) is 2. The zero-order chi connectivity index (χ0) is 18.4. The van der Waals surface area contributed by atoms with E-state index < -0.39 is 0 Å². The van der Waals surface area contributed by atoms with Crippen LogP contribution < -0.4 is 5.32 Å². The van der Waals surface area contributed by atoms with E-state index in [-0.39, 0.29) is 11.7 Å². The van der Waals surface area contributed by atoms with Crippen LogP contribution >= 0.6 is 0 Å². The van der Waals surface area contributed by atoms with Gasteiger partial charge in [0, 0.05) is 22.6 Å². The molecule has 4 rings (SSSR count). The fourth-order valence-corrected chi connectivity index (χ4v) is 3.42. The van der Waals surface area contributed by atoms with Gasteiger partial charge < -0.3 is 10.3 Å². The smallest absolute Gasteiger partial charge is 0.256 e. The lowest BCUT2D eigenvalue weighted by molar-refractivity contribution is -0.110. The number of aromatic amines is 1. The van der Waals surface area contributed by atoms with Gasteiger partial charge in [-0.3, -0.25) is 4.79 Å². The SMILES string of the molecule is Cc1[nH]c(/C=C2\C(=O)Nc3cccc(-c4ccc(F)cc4)c32)c(C)c1C.